The van der Waals surface area contributed by atoms with Gasteiger partial charge < -0.3 is 10.1 Å². The molecule has 0 amide bonds. The second kappa shape index (κ2) is 9.70. The van der Waals surface area contributed by atoms with Crippen molar-refractivity contribution < 1.29 is 4.74 Å². The van der Waals surface area contributed by atoms with E-state index in [1.807, 2.05) is 24.3 Å². The van der Waals surface area contributed by atoms with Gasteiger partial charge in [0.25, 0.3) is 0 Å². The van der Waals surface area contributed by atoms with E-state index in [9.17, 15) is 0 Å². The van der Waals surface area contributed by atoms with Gasteiger partial charge in [-0.05, 0) is 69.3 Å². The molecular weight excluding hydrogens is 336 g/mol. The summed E-state index contributed by atoms with van der Waals surface area (Å²) < 4.78 is 5.25. The van der Waals surface area contributed by atoms with Gasteiger partial charge >= 0.3 is 0 Å². The molecule has 0 unspecified atom stereocenters. The van der Waals surface area contributed by atoms with Gasteiger partial charge in [-0.25, -0.2) is 0 Å². The van der Waals surface area contributed by atoms with Crippen molar-refractivity contribution in [2.75, 3.05) is 32.1 Å². The van der Waals surface area contributed by atoms with E-state index < -0.39 is 0 Å². The zero-order chi connectivity index (χ0) is 19.9. The number of rotatable bonds is 10. The van der Waals surface area contributed by atoms with Crippen LogP contribution >= 0.6 is 0 Å². The van der Waals surface area contributed by atoms with Gasteiger partial charge in [0, 0.05) is 17.6 Å². The van der Waals surface area contributed by atoms with Crippen LogP contribution in [-0.2, 0) is 6.42 Å². The molecule has 0 bridgehead atoms. The van der Waals surface area contributed by atoms with Crippen molar-refractivity contribution in [3.8, 4) is 17.0 Å². The molecule has 0 saturated carbocycles. The fraction of sp³-hybridized carbons (Fsp3) is 0.545. The predicted octanol–water partition coefficient (Wildman–Crippen LogP) is 4.64. The third-order valence-electron chi connectivity index (χ3n) is 5.08. The summed E-state index contributed by atoms with van der Waals surface area (Å²) in [4.78, 5) is 2.45. The van der Waals surface area contributed by atoms with Crippen LogP contribution in [0.15, 0.2) is 30.3 Å². The number of anilines is 1. The average molecular weight is 371 g/mol. The molecule has 0 fully saturated rings. The third kappa shape index (κ3) is 5.42. The first-order valence-corrected chi connectivity index (χ1v) is 9.95. The molecule has 148 valence electrons. The van der Waals surface area contributed by atoms with E-state index in [0.717, 1.165) is 55.3 Å². The van der Waals surface area contributed by atoms with Crippen LogP contribution in [0.5, 0.6) is 5.75 Å². The SMILES string of the molecule is CCCc1cc(NCC(C)(C)N(CC)CC)nnc1-c1ccc(OC)cc1. The van der Waals surface area contributed by atoms with E-state index in [1.165, 1.54) is 5.56 Å². The highest BCUT2D eigenvalue weighted by Gasteiger charge is 2.24. The van der Waals surface area contributed by atoms with E-state index in [4.69, 9.17) is 4.74 Å². The number of likely N-dealkylation sites (N-methyl/N-ethyl adjacent to an activating group) is 1. The standard InChI is InChI=1S/C22H34N4O/c1-7-10-18-15-20(23-16-22(4,5)26(8-2)9-3)24-25-21(18)17-11-13-19(27-6)14-12-17/h11-15H,7-10,16H2,1-6H3,(H,23,24). The van der Waals surface area contributed by atoms with Gasteiger partial charge in [-0.3, -0.25) is 4.90 Å². The maximum Gasteiger partial charge on any atom is 0.149 e. The highest BCUT2D eigenvalue weighted by molar-refractivity contribution is 5.65. The summed E-state index contributed by atoms with van der Waals surface area (Å²) in [7, 11) is 1.68. The number of aryl methyl sites for hydroxylation is 1. The lowest BCUT2D eigenvalue weighted by molar-refractivity contribution is 0.147. The molecule has 0 aliphatic heterocycles. The van der Waals surface area contributed by atoms with Crippen LogP contribution in [0.25, 0.3) is 11.3 Å². The van der Waals surface area contributed by atoms with Gasteiger partial charge in [-0.1, -0.05) is 27.2 Å². The van der Waals surface area contributed by atoms with Gasteiger partial charge in [0.05, 0.1) is 12.8 Å². The average Bonchev–Trinajstić information content (AvgIpc) is 2.68. The fourth-order valence-corrected chi connectivity index (χ4v) is 3.47. The summed E-state index contributed by atoms with van der Waals surface area (Å²) >= 11 is 0. The number of nitrogens with zero attached hydrogens (tertiary/aromatic N) is 3. The highest BCUT2D eigenvalue weighted by Crippen LogP contribution is 2.26. The number of methoxy groups -OCH3 is 1. The molecule has 1 aromatic carbocycles. The molecule has 1 N–H and O–H groups in total. The number of hydrogen-bond acceptors (Lipinski definition) is 5. The molecule has 5 heteroatoms. The maximum absolute atomic E-state index is 5.25. The van der Waals surface area contributed by atoms with E-state index in [0.29, 0.717) is 0 Å². The Morgan fingerprint density at radius 1 is 1.04 bits per heavy atom. The Morgan fingerprint density at radius 3 is 2.26 bits per heavy atom. The minimum Gasteiger partial charge on any atom is -0.497 e. The summed E-state index contributed by atoms with van der Waals surface area (Å²) in [6.45, 7) is 14.0. The Kier molecular flexibility index (Phi) is 7.60. The summed E-state index contributed by atoms with van der Waals surface area (Å²) in [6, 6.07) is 10.2. The van der Waals surface area contributed by atoms with Crippen molar-refractivity contribution in [1.29, 1.82) is 0 Å². The second-order valence-electron chi connectivity index (χ2n) is 7.42. The molecule has 1 aromatic heterocycles. The van der Waals surface area contributed by atoms with Crippen molar-refractivity contribution in [3.05, 3.63) is 35.9 Å². The first-order valence-electron chi connectivity index (χ1n) is 9.95. The number of aromatic nitrogens is 2. The topological polar surface area (TPSA) is 50.3 Å². The zero-order valence-electron chi connectivity index (χ0n) is 17.7. The fourth-order valence-electron chi connectivity index (χ4n) is 3.47. The van der Waals surface area contributed by atoms with Gasteiger partial charge in [0.1, 0.15) is 11.6 Å². The molecule has 2 aromatic rings. The van der Waals surface area contributed by atoms with Gasteiger partial charge in [-0.15, -0.1) is 10.2 Å². The first kappa shape index (κ1) is 21.2. The zero-order valence-corrected chi connectivity index (χ0v) is 17.7. The highest BCUT2D eigenvalue weighted by atomic mass is 16.5. The maximum atomic E-state index is 5.25. The minimum atomic E-state index is 0.0603. The Balaban J connectivity index is 2.21. The molecule has 0 radical (unpaired) electrons. The number of benzene rings is 1. The smallest absolute Gasteiger partial charge is 0.149 e. The molecule has 0 spiro atoms. The third-order valence-corrected chi connectivity index (χ3v) is 5.08. The lowest BCUT2D eigenvalue weighted by Gasteiger charge is -2.37. The second-order valence-corrected chi connectivity index (χ2v) is 7.42. The lowest BCUT2D eigenvalue weighted by atomic mass is 10.0. The van der Waals surface area contributed by atoms with Crippen molar-refractivity contribution in [2.45, 2.75) is 53.0 Å². The van der Waals surface area contributed by atoms with Crippen molar-refractivity contribution >= 4 is 5.82 Å². The largest absolute Gasteiger partial charge is 0.497 e. The normalized spacial score (nSPS) is 11.7. The molecule has 0 aliphatic carbocycles. The van der Waals surface area contributed by atoms with Crippen molar-refractivity contribution in [3.63, 3.8) is 0 Å². The molecule has 5 nitrogen and oxygen atoms in total. The van der Waals surface area contributed by atoms with Crippen LogP contribution in [0.2, 0.25) is 0 Å². The molecule has 1 heterocycles. The van der Waals surface area contributed by atoms with E-state index >= 15 is 0 Å². The summed E-state index contributed by atoms with van der Waals surface area (Å²) in [5, 5.41) is 12.5. The van der Waals surface area contributed by atoms with Crippen LogP contribution < -0.4 is 10.1 Å². The quantitative estimate of drug-likeness (QED) is 0.660. The summed E-state index contributed by atoms with van der Waals surface area (Å²) in [5.41, 5.74) is 3.31. The van der Waals surface area contributed by atoms with E-state index in [1.54, 1.807) is 7.11 Å². The Labute approximate surface area is 164 Å². The van der Waals surface area contributed by atoms with E-state index in [-0.39, 0.29) is 5.54 Å². The first-order chi connectivity index (χ1) is 12.9. The molecule has 27 heavy (non-hydrogen) atoms. The Bertz CT molecular complexity index is 709. The van der Waals surface area contributed by atoms with Crippen LogP contribution in [0.3, 0.4) is 0 Å². The minimum absolute atomic E-state index is 0.0603. The van der Waals surface area contributed by atoms with Crippen LogP contribution in [0, 0.1) is 0 Å². The molecule has 2 rings (SSSR count). The van der Waals surface area contributed by atoms with Crippen LogP contribution in [0.4, 0.5) is 5.82 Å². The summed E-state index contributed by atoms with van der Waals surface area (Å²) in [5.74, 6) is 1.69. The van der Waals surface area contributed by atoms with Crippen molar-refractivity contribution in [2.24, 2.45) is 0 Å². The Hall–Kier alpha value is -2.14. The predicted molar refractivity (Wildman–Crippen MR) is 114 cm³/mol. The van der Waals surface area contributed by atoms with Gasteiger partial charge in [0.2, 0.25) is 0 Å². The number of ether oxygens (including phenoxy) is 1. The summed E-state index contributed by atoms with van der Waals surface area (Å²) in [6.07, 6.45) is 2.05. The molecule has 0 atom stereocenters. The van der Waals surface area contributed by atoms with Gasteiger partial charge in [0.15, 0.2) is 0 Å². The molecular formula is C22H34N4O. The molecule has 0 saturated heterocycles. The van der Waals surface area contributed by atoms with Crippen LogP contribution in [0.1, 0.15) is 46.6 Å². The molecule has 0 aliphatic rings. The van der Waals surface area contributed by atoms with Crippen LogP contribution in [-0.4, -0.2) is 47.4 Å². The van der Waals surface area contributed by atoms with Crippen molar-refractivity contribution in [1.82, 2.24) is 15.1 Å². The van der Waals surface area contributed by atoms with E-state index in [2.05, 4.69) is 61.1 Å². The van der Waals surface area contributed by atoms with Gasteiger partial charge in [-0.2, -0.15) is 0 Å². The Morgan fingerprint density at radius 2 is 1.70 bits per heavy atom. The number of nitrogens with one attached hydrogen (secondary N) is 1. The number of hydrogen-bond donors (Lipinski definition) is 1. The lowest BCUT2D eigenvalue weighted by Crippen LogP contribution is -2.48. The monoisotopic (exact) mass is 370 g/mol.